The fourth-order valence-electron chi connectivity index (χ4n) is 0.372. The molecule has 0 N–H and O–H groups in total. The topological polar surface area (TPSA) is 20.3 Å². The van der Waals surface area contributed by atoms with Crippen LogP contribution in [0.3, 0.4) is 0 Å². The van der Waals surface area contributed by atoms with Crippen molar-refractivity contribution in [2.75, 3.05) is 7.05 Å². The van der Waals surface area contributed by atoms with Crippen LogP contribution in [0.4, 0.5) is 18.0 Å². The second-order valence-corrected chi connectivity index (χ2v) is 2.40. The summed E-state index contributed by atoms with van der Waals surface area (Å²) >= 11 is 4.82. The van der Waals surface area contributed by atoms with E-state index in [9.17, 15) is 18.0 Å². The third-order valence-electron chi connectivity index (χ3n) is 1.33. The minimum Gasteiger partial charge on any atom is -0.320 e. The number of nitrogens with zero attached hydrogens (tertiary/aromatic N) is 1. The van der Waals surface area contributed by atoms with Gasteiger partial charge >= 0.3 is 11.5 Å². The number of carbonyl (C=O) groups excluding carboxylic acids is 1. The monoisotopic (exact) mass is 189 g/mol. The number of hydrogen-bond acceptors (Lipinski definition) is 1. The van der Waals surface area contributed by atoms with Crippen molar-refractivity contribution in [3.05, 3.63) is 0 Å². The Morgan fingerprint density at radius 3 is 2.00 bits per heavy atom. The molecule has 0 fully saturated rings. The summed E-state index contributed by atoms with van der Waals surface area (Å²) in [5, 5.41) is -1.12. The molecule has 0 saturated heterocycles. The molecule has 0 radical (unpaired) electrons. The first-order chi connectivity index (χ1) is 4.76. The quantitative estimate of drug-likeness (QED) is 0.458. The standard InChI is InChI=1S/C5H7ClF3NO/c1-3(5(7,8)9)10(2)4(6)11/h3H,1-2H3. The minimum absolute atomic E-state index is 0.418. The highest BCUT2D eigenvalue weighted by atomic mass is 35.5. The van der Waals surface area contributed by atoms with Crippen molar-refractivity contribution in [1.82, 2.24) is 4.90 Å². The molecule has 0 spiro atoms. The summed E-state index contributed by atoms with van der Waals surface area (Å²) in [6, 6.07) is -1.84. The van der Waals surface area contributed by atoms with Crippen LogP contribution < -0.4 is 0 Å². The van der Waals surface area contributed by atoms with Gasteiger partial charge in [-0.1, -0.05) is 0 Å². The molecule has 0 aliphatic heterocycles. The summed E-state index contributed by atoms with van der Waals surface area (Å²) in [4.78, 5) is 10.6. The van der Waals surface area contributed by atoms with E-state index in [1.165, 1.54) is 0 Å². The van der Waals surface area contributed by atoms with Gasteiger partial charge in [0.05, 0.1) is 0 Å². The molecule has 1 unspecified atom stereocenters. The minimum atomic E-state index is -4.42. The molecule has 0 aromatic heterocycles. The lowest BCUT2D eigenvalue weighted by molar-refractivity contribution is -0.167. The van der Waals surface area contributed by atoms with Crippen LogP contribution >= 0.6 is 11.6 Å². The van der Waals surface area contributed by atoms with E-state index in [-0.39, 0.29) is 0 Å². The van der Waals surface area contributed by atoms with Crippen molar-refractivity contribution < 1.29 is 18.0 Å². The van der Waals surface area contributed by atoms with Crippen LogP contribution in [0.1, 0.15) is 6.92 Å². The Hall–Kier alpha value is -0.450. The van der Waals surface area contributed by atoms with Gasteiger partial charge in [0.2, 0.25) is 0 Å². The summed E-state index contributed by atoms with van der Waals surface area (Å²) in [5.41, 5.74) is 0. The van der Waals surface area contributed by atoms with Gasteiger partial charge in [-0.05, 0) is 18.5 Å². The van der Waals surface area contributed by atoms with Crippen LogP contribution in [0.5, 0.6) is 0 Å². The lowest BCUT2D eigenvalue weighted by atomic mass is 10.3. The van der Waals surface area contributed by atoms with Crippen LogP contribution in [-0.2, 0) is 0 Å². The summed E-state index contributed by atoms with van der Waals surface area (Å²) < 4.78 is 35.4. The molecule has 0 aromatic carbocycles. The Kier molecular flexibility index (Phi) is 3.16. The maximum absolute atomic E-state index is 11.8. The van der Waals surface area contributed by atoms with Gasteiger partial charge in [0.15, 0.2) is 0 Å². The molecule has 2 nitrogen and oxygen atoms in total. The van der Waals surface area contributed by atoms with Crippen LogP contribution in [0, 0.1) is 0 Å². The van der Waals surface area contributed by atoms with Crippen molar-refractivity contribution in [2.45, 2.75) is 19.1 Å². The van der Waals surface area contributed by atoms with Gasteiger partial charge in [-0.25, -0.2) is 0 Å². The Morgan fingerprint density at radius 2 is 1.91 bits per heavy atom. The number of carbonyl (C=O) groups is 1. The van der Waals surface area contributed by atoms with E-state index in [0.717, 1.165) is 14.0 Å². The third kappa shape index (κ3) is 2.96. The SMILES string of the molecule is CC(N(C)C(=O)Cl)C(F)(F)F. The average Bonchev–Trinajstić information content (AvgIpc) is 1.82. The van der Waals surface area contributed by atoms with E-state index >= 15 is 0 Å². The number of alkyl halides is 3. The van der Waals surface area contributed by atoms with Crippen molar-refractivity contribution in [3.8, 4) is 0 Å². The molecule has 0 bridgehead atoms. The van der Waals surface area contributed by atoms with E-state index in [1.807, 2.05) is 0 Å². The van der Waals surface area contributed by atoms with Crippen molar-refractivity contribution in [2.24, 2.45) is 0 Å². The zero-order valence-corrected chi connectivity index (χ0v) is 6.70. The van der Waals surface area contributed by atoms with E-state index in [2.05, 4.69) is 0 Å². The smallest absolute Gasteiger partial charge is 0.320 e. The zero-order chi connectivity index (χ0) is 9.23. The highest BCUT2D eigenvalue weighted by molar-refractivity contribution is 6.62. The number of hydrogen-bond donors (Lipinski definition) is 0. The molecule has 1 atom stereocenters. The van der Waals surface area contributed by atoms with Gasteiger partial charge < -0.3 is 4.90 Å². The molecular formula is C5H7ClF3NO. The number of rotatable bonds is 1. The summed E-state index contributed by atoms with van der Waals surface area (Å²) in [7, 11) is 0.994. The molecule has 66 valence electrons. The molecule has 0 heterocycles. The van der Waals surface area contributed by atoms with E-state index in [1.54, 1.807) is 0 Å². The molecule has 0 rings (SSSR count). The predicted octanol–water partition coefficient (Wildman–Crippen LogP) is 2.23. The van der Waals surface area contributed by atoms with E-state index < -0.39 is 17.6 Å². The second kappa shape index (κ2) is 3.30. The largest absolute Gasteiger partial charge is 0.408 e. The van der Waals surface area contributed by atoms with E-state index in [4.69, 9.17) is 11.6 Å². The fraction of sp³-hybridized carbons (Fsp3) is 0.800. The van der Waals surface area contributed by atoms with Gasteiger partial charge in [-0.2, -0.15) is 13.2 Å². The maximum Gasteiger partial charge on any atom is 0.408 e. The first-order valence-corrected chi connectivity index (χ1v) is 3.13. The van der Waals surface area contributed by atoms with Gasteiger partial charge in [0.25, 0.3) is 0 Å². The summed E-state index contributed by atoms with van der Waals surface area (Å²) in [6.45, 7) is 0.861. The molecule has 0 aliphatic carbocycles. The van der Waals surface area contributed by atoms with Crippen molar-refractivity contribution in [1.29, 1.82) is 0 Å². The lowest BCUT2D eigenvalue weighted by Crippen LogP contribution is -2.42. The van der Waals surface area contributed by atoms with Crippen molar-refractivity contribution in [3.63, 3.8) is 0 Å². The second-order valence-electron chi connectivity index (χ2n) is 2.08. The lowest BCUT2D eigenvalue weighted by Gasteiger charge is -2.24. The highest BCUT2D eigenvalue weighted by Gasteiger charge is 2.40. The first kappa shape index (κ1) is 10.6. The maximum atomic E-state index is 11.8. The molecule has 1 amide bonds. The van der Waals surface area contributed by atoms with Crippen LogP contribution in [0.2, 0.25) is 0 Å². The van der Waals surface area contributed by atoms with E-state index in [0.29, 0.717) is 4.90 Å². The Morgan fingerprint density at radius 1 is 1.55 bits per heavy atom. The Labute approximate surface area is 66.9 Å². The summed E-state index contributed by atoms with van der Waals surface area (Å²) in [5.74, 6) is 0. The van der Waals surface area contributed by atoms with Gasteiger partial charge in [0, 0.05) is 7.05 Å². The average molecular weight is 190 g/mol. The summed E-state index contributed by atoms with van der Waals surface area (Å²) in [6.07, 6.45) is -4.42. The number of halogens is 4. The predicted molar refractivity (Wildman–Crippen MR) is 34.5 cm³/mol. The van der Waals surface area contributed by atoms with Crippen LogP contribution in [-0.4, -0.2) is 29.5 Å². The number of amides is 1. The Bertz CT molecular complexity index is 158. The molecule has 0 aliphatic rings. The fourth-order valence-corrected chi connectivity index (χ4v) is 0.518. The molecular weight excluding hydrogens is 183 g/mol. The normalized spacial score (nSPS) is 14.4. The van der Waals surface area contributed by atoms with Crippen molar-refractivity contribution >= 4 is 17.0 Å². The zero-order valence-electron chi connectivity index (χ0n) is 5.94. The Balaban J connectivity index is 4.25. The molecule has 0 saturated carbocycles. The van der Waals surface area contributed by atoms with Crippen LogP contribution in [0.25, 0.3) is 0 Å². The first-order valence-electron chi connectivity index (χ1n) is 2.76. The molecule has 6 heteroatoms. The molecule has 0 aromatic rings. The highest BCUT2D eigenvalue weighted by Crippen LogP contribution is 2.23. The third-order valence-corrected chi connectivity index (χ3v) is 1.60. The van der Waals surface area contributed by atoms with Gasteiger partial charge in [-0.3, -0.25) is 4.79 Å². The van der Waals surface area contributed by atoms with Gasteiger partial charge in [0.1, 0.15) is 6.04 Å². The van der Waals surface area contributed by atoms with Crippen LogP contribution in [0.15, 0.2) is 0 Å². The molecule has 11 heavy (non-hydrogen) atoms. The van der Waals surface area contributed by atoms with Gasteiger partial charge in [-0.15, -0.1) is 0 Å².